The third kappa shape index (κ3) is 7.24. The summed E-state index contributed by atoms with van der Waals surface area (Å²) >= 11 is 0. The summed E-state index contributed by atoms with van der Waals surface area (Å²) in [6.45, 7) is 1.98. The Morgan fingerprint density at radius 3 is 2.10 bits per heavy atom. The topological polar surface area (TPSA) is 180 Å². The highest BCUT2D eigenvalue weighted by Crippen LogP contribution is 2.37. The van der Waals surface area contributed by atoms with Crippen molar-refractivity contribution in [2.75, 3.05) is 28.6 Å². The van der Waals surface area contributed by atoms with Gasteiger partial charge in [0.05, 0.1) is 41.0 Å². The average Bonchev–Trinajstić information content (AvgIpc) is 4.08. The summed E-state index contributed by atoms with van der Waals surface area (Å²) in [7, 11) is 0. The van der Waals surface area contributed by atoms with Crippen molar-refractivity contribution < 1.29 is 14.3 Å². The van der Waals surface area contributed by atoms with Crippen LogP contribution >= 0.6 is 0 Å². The van der Waals surface area contributed by atoms with Crippen LogP contribution in [-0.4, -0.2) is 65.2 Å². The summed E-state index contributed by atoms with van der Waals surface area (Å²) < 4.78 is 6.42. The molecule has 292 valence electrons. The normalized spacial score (nSPS) is 12.5. The minimum atomic E-state index is -0.355. The summed E-state index contributed by atoms with van der Waals surface area (Å²) in [6.07, 6.45) is 14.1. The lowest BCUT2D eigenvalue weighted by Gasteiger charge is -2.16. The molecule has 14 heteroatoms. The Hall–Kier alpha value is -8.26. The fourth-order valence-corrected chi connectivity index (χ4v) is 7.50. The van der Waals surface area contributed by atoms with Crippen LogP contribution < -0.4 is 20.3 Å². The SMILES string of the molecule is O=C(Nc1cccnc1)c1n[nH]c2ccc(-c3cncc(Oc4cccc(-c5cc(-c6cccnc6)cc6c(C(=O)Nc7ccc(N8CCCC8)nc7)n[nH]c56)c4)c3)cc12. The van der Waals surface area contributed by atoms with Gasteiger partial charge in [0.2, 0.25) is 0 Å². The van der Waals surface area contributed by atoms with Crippen LogP contribution in [-0.2, 0) is 0 Å². The van der Waals surface area contributed by atoms with Crippen molar-refractivity contribution in [2.45, 2.75) is 12.8 Å². The van der Waals surface area contributed by atoms with Crippen LogP contribution in [0.5, 0.6) is 11.5 Å². The first-order valence-corrected chi connectivity index (χ1v) is 19.4. The first-order chi connectivity index (χ1) is 29.5. The lowest BCUT2D eigenvalue weighted by Crippen LogP contribution is -2.19. The molecule has 1 saturated heterocycles. The van der Waals surface area contributed by atoms with Gasteiger partial charge in [-0.3, -0.25) is 34.7 Å². The van der Waals surface area contributed by atoms with Crippen molar-refractivity contribution in [1.29, 1.82) is 0 Å². The zero-order chi connectivity index (χ0) is 40.4. The zero-order valence-corrected chi connectivity index (χ0v) is 32.0. The number of pyridine rings is 4. The molecule has 10 rings (SSSR count). The van der Waals surface area contributed by atoms with E-state index in [-0.39, 0.29) is 23.2 Å². The second-order valence-electron chi connectivity index (χ2n) is 14.4. The van der Waals surface area contributed by atoms with Crippen LogP contribution in [0.25, 0.3) is 55.2 Å². The molecule has 9 aromatic rings. The van der Waals surface area contributed by atoms with E-state index in [1.54, 1.807) is 55.5 Å². The van der Waals surface area contributed by atoms with Crippen molar-refractivity contribution in [1.82, 2.24) is 40.3 Å². The Labute approximate surface area is 342 Å². The summed E-state index contributed by atoms with van der Waals surface area (Å²) in [5, 5.41) is 22.0. The van der Waals surface area contributed by atoms with Crippen LogP contribution in [0.2, 0.25) is 0 Å². The number of ether oxygens (including phenoxy) is 1. The third-order valence-corrected chi connectivity index (χ3v) is 10.4. The van der Waals surface area contributed by atoms with Crippen LogP contribution in [0.15, 0.2) is 140 Å². The number of fused-ring (bicyclic) bond motifs is 2. The smallest absolute Gasteiger partial charge is 0.276 e. The number of hydrogen-bond donors (Lipinski definition) is 4. The van der Waals surface area contributed by atoms with E-state index in [2.05, 4.69) is 61.9 Å². The second-order valence-corrected chi connectivity index (χ2v) is 14.4. The monoisotopic (exact) mass is 789 g/mol. The quantitative estimate of drug-likeness (QED) is 0.105. The van der Waals surface area contributed by atoms with Crippen molar-refractivity contribution in [3.05, 3.63) is 152 Å². The molecule has 0 radical (unpaired) electrons. The first-order valence-electron chi connectivity index (χ1n) is 19.4. The van der Waals surface area contributed by atoms with Gasteiger partial charge in [-0.05, 0) is 102 Å². The van der Waals surface area contributed by atoms with Gasteiger partial charge in [-0.15, -0.1) is 0 Å². The zero-order valence-electron chi connectivity index (χ0n) is 32.0. The van der Waals surface area contributed by atoms with Gasteiger partial charge in [-0.2, -0.15) is 10.2 Å². The minimum Gasteiger partial charge on any atom is -0.456 e. The number of aromatic amines is 2. The maximum absolute atomic E-state index is 13.8. The number of benzene rings is 3. The number of anilines is 3. The van der Waals surface area contributed by atoms with E-state index >= 15 is 0 Å². The maximum Gasteiger partial charge on any atom is 0.276 e. The minimum absolute atomic E-state index is 0.255. The van der Waals surface area contributed by atoms with E-state index in [1.165, 1.54) is 0 Å². The van der Waals surface area contributed by atoms with Crippen LogP contribution in [0.3, 0.4) is 0 Å². The van der Waals surface area contributed by atoms with Gasteiger partial charge in [-0.1, -0.05) is 24.3 Å². The highest BCUT2D eigenvalue weighted by atomic mass is 16.5. The third-order valence-electron chi connectivity index (χ3n) is 10.4. The molecule has 0 aliphatic carbocycles. The van der Waals surface area contributed by atoms with Crippen molar-refractivity contribution in [3.8, 4) is 44.9 Å². The highest BCUT2D eigenvalue weighted by Gasteiger charge is 2.21. The van der Waals surface area contributed by atoms with E-state index in [4.69, 9.17) is 4.74 Å². The number of hydrogen-bond acceptors (Lipinski definition) is 10. The summed E-state index contributed by atoms with van der Waals surface area (Å²) in [6, 6.07) is 30.5. The number of carbonyl (C=O) groups is 2. The number of aromatic nitrogens is 8. The van der Waals surface area contributed by atoms with Crippen molar-refractivity contribution in [2.24, 2.45) is 0 Å². The largest absolute Gasteiger partial charge is 0.456 e. The van der Waals surface area contributed by atoms with Gasteiger partial charge in [0.1, 0.15) is 17.3 Å². The lowest BCUT2D eigenvalue weighted by atomic mass is 9.96. The molecule has 0 saturated carbocycles. The van der Waals surface area contributed by atoms with E-state index in [1.807, 2.05) is 78.9 Å². The fourth-order valence-electron chi connectivity index (χ4n) is 7.50. The van der Waals surface area contributed by atoms with Gasteiger partial charge in [0, 0.05) is 65.3 Å². The van der Waals surface area contributed by atoms with E-state index in [0.29, 0.717) is 39.2 Å². The van der Waals surface area contributed by atoms with Gasteiger partial charge < -0.3 is 20.3 Å². The van der Waals surface area contributed by atoms with Crippen molar-refractivity contribution >= 4 is 50.8 Å². The molecule has 2 amide bonds. The molecule has 0 spiro atoms. The molecule has 6 aromatic heterocycles. The molecule has 7 heterocycles. The summed E-state index contributed by atoms with van der Waals surface area (Å²) in [4.78, 5) is 46.7. The molecule has 0 unspecified atom stereocenters. The molecule has 4 N–H and O–H groups in total. The Morgan fingerprint density at radius 1 is 0.583 bits per heavy atom. The molecule has 0 atom stereocenters. The average molecular weight is 790 g/mol. The Kier molecular flexibility index (Phi) is 9.38. The molecule has 60 heavy (non-hydrogen) atoms. The molecular weight excluding hydrogens is 755 g/mol. The first kappa shape index (κ1) is 36.1. The number of rotatable bonds is 10. The molecular formula is C46H35N11O3. The van der Waals surface area contributed by atoms with Crippen LogP contribution in [0, 0.1) is 0 Å². The number of amides is 2. The maximum atomic E-state index is 13.8. The van der Waals surface area contributed by atoms with E-state index in [9.17, 15) is 9.59 Å². The predicted molar refractivity (Wildman–Crippen MR) is 230 cm³/mol. The Bertz CT molecular complexity index is 3020. The van der Waals surface area contributed by atoms with E-state index in [0.717, 1.165) is 70.6 Å². The summed E-state index contributed by atoms with van der Waals surface area (Å²) in [5.74, 6) is 1.29. The molecule has 1 aliphatic heterocycles. The standard InChI is InChI=1S/C46H35N11O3/c58-45(51-33-8-5-15-48-25-33)43-38-20-28(10-12-40(38)53-55-43)32-19-36(27-49-24-32)60-35-9-3-6-29(18-35)37-21-31(30-7-4-14-47-23-30)22-39-42(37)54-56-44(39)46(59)52-34-11-13-41(50-26-34)57-16-1-2-17-57/h3-15,18-27H,1-2,16-17H2,(H,51,58)(H,52,59)(H,53,55)(H,54,56). The second kappa shape index (κ2) is 15.6. The fraction of sp³-hybridized carbons (Fsp3) is 0.0870. The Morgan fingerprint density at radius 2 is 1.32 bits per heavy atom. The molecule has 3 aromatic carbocycles. The van der Waals surface area contributed by atoms with Crippen LogP contribution in [0.4, 0.5) is 17.2 Å². The van der Waals surface area contributed by atoms with E-state index < -0.39 is 0 Å². The molecule has 14 nitrogen and oxygen atoms in total. The number of nitrogens with zero attached hydrogens (tertiary/aromatic N) is 7. The van der Waals surface area contributed by atoms with Crippen molar-refractivity contribution in [3.63, 3.8) is 0 Å². The highest BCUT2D eigenvalue weighted by molar-refractivity contribution is 6.14. The predicted octanol–water partition coefficient (Wildman–Crippen LogP) is 8.92. The molecule has 0 bridgehead atoms. The Balaban J connectivity index is 0.935. The lowest BCUT2D eigenvalue weighted by molar-refractivity contribution is 0.101. The number of carbonyl (C=O) groups excluding carboxylic acids is 2. The van der Waals surface area contributed by atoms with Gasteiger partial charge in [0.25, 0.3) is 11.8 Å². The number of H-pyrrole nitrogens is 2. The molecule has 1 aliphatic rings. The number of nitrogens with one attached hydrogen (secondary N) is 4. The summed E-state index contributed by atoms with van der Waals surface area (Å²) in [5.41, 5.74) is 8.13. The van der Waals surface area contributed by atoms with Crippen LogP contribution in [0.1, 0.15) is 33.8 Å². The van der Waals surface area contributed by atoms with Gasteiger partial charge in [0.15, 0.2) is 11.4 Å². The van der Waals surface area contributed by atoms with Gasteiger partial charge >= 0.3 is 0 Å². The molecule has 1 fully saturated rings. The van der Waals surface area contributed by atoms with Gasteiger partial charge in [-0.25, -0.2) is 4.98 Å².